The van der Waals surface area contributed by atoms with Crippen LogP contribution in [0.15, 0.2) is 96.1 Å². The van der Waals surface area contributed by atoms with Crippen molar-refractivity contribution in [1.82, 2.24) is 19.8 Å². The Hall–Kier alpha value is -4.09. The molecule has 0 radical (unpaired) electrons. The predicted molar refractivity (Wildman–Crippen MR) is 167 cm³/mol. The molecule has 3 aliphatic carbocycles. The van der Waals surface area contributed by atoms with Crippen molar-refractivity contribution in [1.29, 1.82) is 0 Å². The maximum absolute atomic E-state index is 6.30. The molecule has 6 aliphatic rings. The SMILES string of the molecule is [Pt+4].[c-]1c2cncc1N1[CH-]N(C3=C1CCCC3)C1(c3ccccc3-c3ccccc31)N1[CH-]N(C3=C1CCCC3)c1[c-]c(cnc1)O2. The van der Waals surface area contributed by atoms with E-state index in [0.717, 1.165) is 62.7 Å². The van der Waals surface area contributed by atoms with Crippen LogP contribution >= 0.6 is 0 Å². The second kappa shape index (κ2) is 10.2. The number of allylic oxidation sites excluding steroid dienone is 4. The maximum atomic E-state index is 6.30. The molecule has 1 spiro atoms. The number of aromatic nitrogens is 2. The Morgan fingerprint density at radius 3 is 1.53 bits per heavy atom. The van der Waals surface area contributed by atoms with Crippen molar-refractivity contribution in [2.45, 2.75) is 57.0 Å². The Morgan fingerprint density at radius 1 is 0.600 bits per heavy atom. The fourth-order valence-electron chi connectivity index (χ4n) is 8.29. The average molecular weight is 770 g/mol. The van der Waals surface area contributed by atoms with E-state index in [2.05, 4.69) is 104 Å². The number of rotatable bonds is 0. The molecule has 4 aromatic rings. The summed E-state index contributed by atoms with van der Waals surface area (Å²) in [6, 6.07) is 25.1. The Labute approximate surface area is 278 Å². The van der Waals surface area contributed by atoms with Crippen LogP contribution in [0.5, 0.6) is 11.5 Å². The summed E-state index contributed by atoms with van der Waals surface area (Å²) in [6.45, 7) is 4.65. The second-order valence-electron chi connectivity index (χ2n) is 12.3. The van der Waals surface area contributed by atoms with E-state index in [9.17, 15) is 0 Å². The number of hydrogen-bond acceptors (Lipinski definition) is 7. The quantitative estimate of drug-likeness (QED) is 0.169. The van der Waals surface area contributed by atoms with Gasteiger partial charge in [-0.2, -0.15) is 0 Å². The normalized spacial score (nSPS) is 20.3. The summed E-state index contributed by atoms with van der Waals surface area (Å²) in [7, 11) is 0. The average Bonchev–Trinajstić information content (AvgIpc) is 3.74. The summed E-state index contributed by atoms with van der Waals surface area (Å²) >= 11 is 0. The number of nitrogens with zero attached hydrogens (tertiary/aromatic N) is 6. The van der Waals surface area contributed by atoms with Crippen molar-refractivity contribution in [3.8, 4) is 22.6 Å². The van der Waals surface area contributed by atoms with Gasteiger partial charge in [0.25, 0.3) is 0 Å². The Bertz CT molecular complexity index is 1780. The first-order chi connectivity index (χ1) is 21.8. The number of benzene rings is 2. The zero-order chi connectivity index (χ0) is 28.8. The van der Waals surface area contributed by atoms with Crippen LogP contribution in [0.25, 0.3) is 11.1 Å². The molecule has 2 aromatic carbocycles. The number of hydrogen-bond donors (Lipinski definition) is 0. The van der Waals surface area contributed by atoms with E-state index in [1.807, 2.05) is 12.4 Å². The molecule has 8 bridgehead atoms. The first-order valence-corrected chi connectivity index (χ1v) is 15.7. The minimum atomic E-state index is -0.622. The third-order valence-electron chi connectivity index (χ3n) is 10.1. The molecule has 224 valence electrons. The standard InChI is InChI=1S/C37H30N6O.Pt/c1-3-11-31-29(9-1)30-10-2-4-12-32(30)37(31)42-23-40(33-13-5-7-15-35(33)42)25-17-27(21-38-19-25)44-28-18-26(20-39-22-28)41-24-43(37)36-16-8-6-14-34(36)41;/h1-4,9-12,19-24H,5-8,13-16H2;/q-4;+4. The fourth-order valence-corrected chi connectivity index (χ4v) is 8.29. The zero-order valence-electron chi connectivity index (χ0n) is 24.6. The summed E-state index contributed by atoms with van der Waals surface area (Å²) in [5.41, 5.74) is 11.7. The Morgan fingerprint density at radius 2 is 1.04 bits per heavy atom. The van der Waals surface area contributed by atoms with Crippen molar-refractivity contribution in [3.05, 3.63) is 133 Å². The van der Waals surface area contributed by atoms with Crippen molar-refractivity contribution >= 4 is 11.4 Å². The third-order valence-corrected chi connectivity index (χ3v) is 10.1. The van der Waals surface area contributed by atoms with E-state index in [1.165, 1.54) is 45.0 Å². The van der Waals surface area contributed by atoms with Crippen LogP contribution in [0, 0.1) is 25.5 Å². The van der Waals surface area contributed by atoms with Gasteiger partial charge in [-0.15, -0.1) is 25.5 Å². The van der Waals surface area contributed by atoms with Crippen LogP contribution in [-0.2, 0) is 26.7 Å². The minimum absolute atomic E-state index is 0. The topological polar surface area (TPSA) is 48.0 Å². The molecule has 10 rings (SSSR count). The van der Waals surface area contributed by atoms with Gasteiger partial charge in [0, 0.05) is 45.4 Å². The van der Waals surface area contributed by atoms with Gasteiger partial charge in [-0.3, -0.25) is 0 Å². The van der Waals surface area contributed by atoms with Crippen LogP contribution < -0.4 is 14.5 Å². The molecule has 0 amide bonds. The molecule has 45 heavy (non-hydrogen) atoms. The van der Waals surface area contributed by atoms with Crippen LogP contribution in [0.2, 0.25) is 0 Å². The molecular weight excluding hydrogens is 740 g/mol. The molecular formula is C37H30N6OPt. The summed E-state index contributed by atoms with van der Waals surface area (Å²) in [5.74, 6) is 1.10. The van der Waals surface area contributed by atoms with Crippen LogP contribution in [0.1, 0.15) is 62.5 Å². The minimum Gasteiger partial charge on any atom is -0.506 e. The second-order valence-corrected chi connectivity index (χ2v) is 12.3. The van der Waals surface area contributed by atoms with E-state index in [4.69, 9.17) is 4.74 Å². The number of fused-ring (bicyclic) bond motifs is 21. The van der Waals surface area contributed by atoms with Gasteiger partial charge in [0.1, 0.15) is 5.66 Å². The number of ether oxygens (including phenoxy) is 1. The van der Waals surface area contributed by atoms with Gasteiger partial charge >= 0.3 is 21.1 Å². The van der Waals surface area contributed by atoms with Gasteiger partial charge in [-0.25, -0.2) is 0 Å². The Balaban J connectivity index is 0.00000281. The monoisotopic (exact) mass is 769 g/mol. The zero-order valence-corrected chi connectivity index (χ0v) is 26.9. The molecule has 0 atom stereocenters. The van der Waals surface area contributed by atoms with Gasteiger partial charge in [0.2, 0.25) is 0 Å². The number of anilines is 2. The molecule has 7 nitrogen and oxygen atoms in total. The molecule has 5 heterocycles. The fraction of sp³-hybridized carbons (Fsp3) is 0.243. The largest absolute Gasteiger partial charge is 4.00 e. The van der Waals surface area contributed by atoms with Gasteiger partial charge in [-0.05, 0) is 74.9 Å². The van der Waals surface area contributed by atoms with Gasteiger partial charge in [0.05, 0.1) is 0 Å². The molecule has 0 saturated heterocycles. The van der Waals surface area contributed by atoms with Gasteiger partial charge in [0.15, 0.2) is 0 Å². The van der Waals surface area contributed by atoms with E-state index < -0.39 is 5.66 Å². The third kappa shape index (κ3) is 3.74. The molecule has 2 aromatic heterocycles. The maximum Gasteiger partial charge on any atom is 4.00 e. The van der Waals surface area contributed by atoms with Crippen molar-refractivity contribution in [2.75, 3.05) is 9.80 Å². The van der Waals surface area contributed by atoms with Gasteiger partial charge in [-0.1, -0.05) is 72.3 Å². The van der Waals surface area contributed by atoms with E-state index in [1.54, 1.807) is 12.4 Å². The van der Waals surface area contributed by atoms with Crippen molar-refractivity contribution < 1.29 is 25.8 Å². The summed E-state index contributed by atoms with van der Waals surface area (Å²) < 4.78 is 6.30. The van der Waals surface area contributed by atoms with Gasteiger partial charge < -0.3 is 34.3 Å². The molecule has 3 aliphatic heterocycles. The predicted octanol–water partition coefficient (Wildman–Crippen LogP) is 7.82. The van der Waals surface area contributed by atoms with Crippen LogP contribution in [0.4, 0.5) is 11.4 Å². The van der Waals surface area contributed by atoms with E-state index in [-0.39, 0.29) is 21.1 Å². The molecule has 8 heteroatoms. The van der Waals surface area contributed by atoms with Crippen molar-refractivity contribution in [3.63, 3.8) is 0 Å². The Kier molecular flexibility index (Phi) is 6.18. The molecule has 0 fully saturated rings. The summed E-state index contributed by atoms with van der Waals surface area (Å²) in [5, 5.41) is 0. The first kappa shape index (κ1) is 27.2. The first-order valence-electron chi connectivity index (χ1n) is 15.7. The summed E-state index contributed by atoms with van der Waals surface area (Å²) in [6.07, 6.45) is 15.9. The van der Waals surface area contributed by atoms with Crippen molar-refractivity contribution in [2.24, 2.45) is 0 Å². The molecule has 0 N–H and O–H groups in total. The molecule has 0 saturated carbocycles. The summed E-state index contributed by atoms with van der Waals surface area (Å²) in [4.78, 5) is 19.0. The smallest absolute Gasteiger partial charge is 0.506 e. The number of pyridine rings is 2. The molecule has 0 unspecified atom stereocenters. The van der Waals surface area contributed by atoms with E-state index >= 15 is 0 Å². The van der Waals surface area contributed by atoms with Crippen LogP contribution in [-0.4, -0.2) is 19.8 Å². The van der Waals surface area contributed by atoms with Crippen LogP contribution in [0.3, 0.4) is 0 Å². The van der Waals surface area contributed by atoms with E-state index in [0.29, 0.717) is 11.5 Å².